The van der Waals surface area contributed by atoms with Gasteiger partial charge in [0.1, 0.15) is 0 Å². The summed E-state index contributed by atoms with van der Waals surface area (Å²) in [7, 11) is 4.36. The number of likely N-dealkylation sites (tertiary alicyclic amines) is 1. The van der Waals surface area contributed by atoms with Crippen molar-refractivity contribution >= 4 is 0 Å². The lowest BCUT2D eigenvalue weighted by atomic mass is 9.91. The maximum Gasteiger partial charge on any atom is 0.0509 e. The van der Waals surface area contributed by atoms with Crippen LogP contribution in [0, 0.1) is 0 Å². The molecule has 3 nitrogen and oxygen atoms in total. The second-order valence-corrected chi connectivity index (χ2v) is 6.25. The molecule has 0 aromatic heterocycles. The lowest BCUT2D eigenvalue weighted by Gasteiger charge is -2.39. The standard InChI is InChI=1S/C16H27N3/c1-16(17,14-7-5-4-6-8-14)13-19-11-9-15(10-12-19)18(2)3/h4-8,15H,9-13,17H2,1-3H3. The fourth-order valence-electron chi connectivity index (χ4n) is 2.97. The van der Waals surface area contributed by atoms with Gasteiger partial charge in [0.15, 0.2) is 0 Å². The maximum atomic E-state index is 6.51. The highest BCUT2D eigenvalue weighted by Crippen LogP contribution is 2.22. The lowest BCUT2D eigenvalue weighted by molar-refractivity contribution is 0.125. The van der Waals surface area contributed by atoms with Gasteiger partial charge < -0.3 is 15.5 Å². The Hall–Kier alpha value is -0.900. The van der Waals surface area contributed by atoms with E-state index in [4.69, 9.17) is 5.73 Å². The summed E-state index contributed by atoms with van der Waals surface area (Å²) < 4.78 is 0. The summed E-state index contributed by atoms with van der Waals surface area (Å²) in [4.78, 5) is 4.85. The second-order valence-electron chi connectivity index (χ2n) is 6.25. The Bertz CT molecular complexity index is 378. The first-order chi connectivity index (χ1) is 8.99. The number of piperidine rings is 1. The average molecular weight is 261 g/mol. The van der Waals surface area contributed by atoms with E-state index >= 15 is 0 Å². The van der Waals surface area contributed by atoms with E-state index in [1.807, 2.05) is 6.07 Å². The molecule has 0 bridgehead atoms. The molecule has 19 heavy (non-hydrogen) atoms. The van der Waals surface area contributed by atoms with Gasteiger partial charge in [0, 0.05) is 12.6 Å². The number of benzene rings is 1. The van der Waals surface area contributed by atoms with E-state index in [0.29, 0.717) is 0 Å². The minimum absolute atomic E-state index is 0.258. The van der Waals surface area contributed by atoms with Crippen LogP contribution in [0.15, 0.2) is 30.3 Å². The second kappa shape index (κ2) is 6.04. The lowest BCUT2D eigenvalue weighted by Crippen LogP contribution is -2.50. The van der Waals surface area contributed by atoms with Crippen LogP contribution < -0.4 is 5.73 Å². The molecular formula is C16H27N3. The van der Waals surface area contributed by atoms with Crippen molar-refractivity contribution < 1.29 is 0 Å². The summed E-state index contributed by atoms with van der Waals surface area (Å²) in [6.07, 6.45) is 2.50. The van der Waals surface area contributed by atoms with E-state index in [2.05, 4.69) is 55.1 Å². The number of nitrogens with zero attached hydrogens (tertiary/aromatic N) is 2. The Labute approximate surface area is 117 Å². The predicted molar refractivity (Wildman–Crippen MR) is 81.1 cm³/mol. The van der Waals surface area contributed by atoms with Crippen molar-refractivity contribution in [1.82, 2.24) is 9.80 Å². The van der Waals surface area contributed by atoms with Crippen LogP contribution in [0.25, 0.3) is 0 Å². The van der Waals surface area contributed by atoms with E-state index in [9.17, 15) is 0 Å². The minimum Gasteiger partial charge on any atom is -0.321 e. The molecular weight excluding hydrogens is 234 g/mol. The smallest absolute Gasteiger partial charge is 0.0509 e. The zero-order valence-electron chi connectivity index (χ0n) is 12.5. The molecule has 0 spiro atoms. The summed E-state index contributed by atoms with van der Waals surface area (Å²) in [6.45, 7) is 5.39. The fraction of sp³-hybridized carbons (Fsp3) is 0.625. The average Bonchev–Trinajstić information content (AvgIpc) is 2.40. The first-order valence-electron chi connectivity index (χ1n) is 7.22. The van der Waals surface area contributed by atoms with Gasteiger partial charge in [-0.2, -0.15) is 0 Å². The molecule has 1 saturated heterocycles. The monoisotopic (exact) mass is 261 g/mol. The third kappa shape index (κ3) is 3.78. The first kappa shape index (κ1) is 14.5. The Morgan fingerprint density at radius 2 is 1.79 bits per heavy atom. The molecule has 0 aliphatic carbocycles. The summed E-state index contributed by atoms with van der Waals surface area (Å²) in [5.41, 5.74) is 7.48. The van der Waals surface area contributed by atoms with Crippen LogP contribution in [0.5, 0.6) is 0 Å². The topological polar surface area (TPSA) is 32.5 Å². The van der Waals surface area contributed by atoms with Crippen molar-refractivity contribution in [1.29, 1.82) is 0 Å². The largest absolute Gasteiger partial charge is 0.321 e. The molecule has 1 atom stereocenters. The molecule has 2 rings (SSSR count). The number of hydrogen-bond donors (Lipinski definition) is 1. The Kier molecular flexibility index (Phi) is 4.61. The van der Waals surface area contributed by atoms with Gasteiger partial charge in [0.05, 0.1) is 5.54 Å². The van der Waals surface area contributed by atoms with Crippen LogP contribution in [0.2, 0.25) is 0 Å². The van der Waals surface area contributed by atoms with E-state index in [0.717, 1.165) is 25.7 Å². The van der Waals surface area contributed by atoms with Gasteiger partial charge in [0.2, 0.25) is 0 Å². The Balaban J connectivity index is 1.92. The van der Waals surface area contributed by atoms with E-state index in [1.165, 1.54) is 18.4 Å². The van der Waals surface area contributed by atoms with E-state index in [1.54, 1.807) is 0 Å². The SMILES string of the molecule is CN(C)C1CCN(CC(C)(N)c2ccccc2)CC1. The Morgan fingerprint density at radius 1 is 1.21 bits per heavy atom. The molecule has 0 saturated carbocycles. The van der Waals surface area contributed by atoms with Gasteiger partial charge in [0.25, 0.3) is 0 Å². The molecule has 0 radical (unpaired) electrons. The van der Waals surface area contributed by atoms with Crippen LogP contribution in [-0.2, 0) is 5.54 Å². The number of hydrogen-bond acceptors (Lipinski definition) is 3. The van der Waals surface area contributed by atoms with Crippen LogP contribution >= 0.6 is 0 Å². The van der Waals surface area contributed by atoms with Crippen LogP contribution in [-0.4, -0.2) is 49.6 Å². The van der Waals surface area contributed by atoms with Crippen molar-refractivity contribution in [3.8, 4) is 0 Å². The van der Waals surface area contributed by atoms with Crippen LogP contribution in [0.1, 0.15) is 25.3 Å². The summed E-state index contributed by atoms with van der Waals surface area (Å²) in [5, 5.41) is 0. The highest BCUT2D eigenvalue weighted by Gasteiger charge is 2.27. The van der Waals surface area contributed by atoms with Crippen LogP contribution in [0.4, 0.5) is 0 Å². The summed E-state index contributed by atoms with van der Waals surface area (Å²) >= 11 is 0. The van der Waals surface area contributed by atoms with E-state index < -0.39 is 0 Å². The van der Waals surface area contributed by atoms with Crippen molar-refractivity contribution in [2.24, 2.45) is 5.73 Å². The highest BCUT2D eigenvalue weighted by molar-refractivity contribution is 5.23. The third-order valence-electron chi connectivity index (χ3n) is 4.27. The van der Waals surface area contributed by atoms with Crippen molar-refractivity contribution in [2.75, 3.05) is 33.7 Å². The quantitative estimate of drug-likeness (QED) is 0.898. The molecule has 1 aromatic rings. The van der Waals surface area contributed by atoms with Gasteiger partial charge in [-0.25, -0.2) is 0 Å². The van der Waals surface area contributed by atoms with Crippen molar-refractivity contribution in [3.63, 3.8) is 0 Å². The van der Waals surface area contributed by atoms with Gasteiger partial charge in [-0.1, -0.05) is 30.3 Å². The fourth-order valence-corrected chi connectivity index (χ4v) is 2.97. The van der Waals surface area contributed by atoms with Crippen molar-refractivity contribution in [3.05, 3.63) is 35.9 Å². The zero-order valence-corrected chi connectivity index (χ0v) is 12.5. The molecule has 1 aliphatic heterocycles. The predicted octanol–water partition coefficient (Wildman–Crippen LogP) is 1.89. The summed E-state index contributed by atoms with van der Waals surface area (Å²) in [5.74, 6) is 0. The first-order valence-corrected chi connectivity index (χ1v) is 7.22. The molecule has 2 N–H and O–H groups in total. The van der Waals surface area contributed by atoms with E-state index in [-0.39, 0.29) is 5.54 Å². The molecule has 0 amide bonds. The molecule has 1 fully saturated rings. The van der Waals surface area contributed by atoms with Gasteiger partial charge in [-0.15, -0.1) is 0 Å². The van der Waals surface area contributed by atoms with Crippen LogP contribution in [0.3, 0.4) is 0 Å². The maximum absolute atomic E-state index is 6.51. The van der Waals surface area contributed by atoms with Crippen molar-refractivity contribution in [2.45, 2.75) is 31.3 Å². The van der Waals surface area contributed by atoms with Gasteiger partial charge in [-0.05, 0) is 52.5 Å². The van der Waals surface area contributed by atoms with Gasteiger partial charge in [-0.3, -0.25) is 0 Å². The molecule has 3 heteroatoms. The number of rotatable bonds is 4. The molecule has 1 heterocycles. The summed E-state index contributed by atoms with van der Waals surface area (Å²) in [6, 6.07) is 11.2. The van der Waals surface area contributed by atoms with Gasteiger partial charge >= 0.3 is 0 Å². The molecule has 1 aliphatic rings. The zero-order chi connectivity index (χ0) is 13.9. The molecule has 1 unspecified atom stereocenters. The molecule has 1 aromatic carbocycles. The minimum atomic E-state index is -0.258. The Morgan fingerprint density at radius 3 is 2.32 bits per heavy atom. The number of nitrogens with two attached hydrogens (primary N) is 1. The highest BCUT2D eigenvalue weighted by atomic mass is 15.2. The molecule has 106 valence electrons. The normalized spacial score (nSPS) is 21.5. The third-order valence-corrected chi connectivity index (χ3v) is 4.27.